The Morgan fingerprint density at radius 2 is 2.28 bits per heavy atom. The molecule has 6 nitrogen and oxygen atoms in total. The summed E-state index contributed by atoms with van der Waals surface area (Å²) in [6, 6.07) is 3.94. The number of carbonyl (C=O) groups excluding carboxylic acids is 1. The van der Waals surface area contributed by atoms with Gasteiger partial charge in [-0.1, -0.05) is 18.2 Å². The van der Waals surface area contributed by atoms with Crippen molar-refractivity contribution in [3.8, 4) is 5.75 Å². The summed E-state index contributed by atoms with van der Waals surface area (Å²) in [5.74, 6) is -0.374. The Kier molecular flexibility index (Phi) is 4.67. The molecule has 0 unspecified atom stereocenters. The molecule has 0 heterocycles. The molecule has 0 saturated heterocycles. The van der Waals surface area contributed by atoms with Crippen molar-refractivity contribution >= 4 is 23.2 Å². The van der Waals surface area contributed by atoms with Gasteiger partial charge in [-0.25, -0.2) is 0 Å². The van der Waals surface area contributed by atoms with Gasteiger partial charge in [0.05, 0.1) is 18.6 Å². The Balaban J connectivity index is 2.97. The topological polar surface area (TPSA) is 81.5 Å². The number of hydrogen-bond donors (Lipinski definition) is 1. The number of methoxy groups -OCH3 is 1. The molecule has 1 aromatic carbocycles. The molecule has 1 aromatic rings. The first kappa shape index (κ1) is 14.0. The van der Waals surface area contributed by atoms with E-state index in [0.29, 0.717) is 0 Å². The molecule has 0 fully saturated rings. The van der Waals surface area contributed by atoms with Crippen LogP contribution in [0.5, 0.6) is 5.75 Å². The summed E-state index contributed by atoms with van der Waals surface area (Å²) < 4.78 is 4.83. The molecule has 0 bridgehead atoms. The van der Waals surface area contributed by atoms with Gasteiger partial charge in [-0.2, -0.15) is 0 Å². The Morgan fingerprint density at radius 3 is 2.78 bits per heavy atom. The van der Waals surface area contributed by atoms with E-state index >= 15 is 0 Å². The highest BCUT2D eigenvalue weighted by molar-refractivity contribution is 6.29. The van der Waals surface area contributed by atoms with Crippen LogP contribution in [-0.4, -0.2) is 24.5 Å². The average Bonchev–Trinajstić information content (AvgIpc) is 2.34. The second-order valence-corrected chi connectivity index (χ2v) is 3.88. The predicted molar refractivity (Wildman–Crippen MR) is 67.0 cm³/mol. The summed E-state index contributed by atoms with van der Waals surface area (Å²) >= 11 is 5.50. The molecular weight excluding hydrogens is 260 g/mol. The van der Waals surface area contributed by atoms with Crippen molar-refractivity contribution in [1.29, 1.82) is 0 Å². The Morgan fingerprint density at radius 1 is 1.61 bits per heavy atom. The van der Waals surface area contributed by atoms with Crippen LogP contribution in [0, 0.1) is 10.1 Å². The van der Waals surface area contributed by atoms with Crippen molar-refractivity contribution in [3.05, 3.63) is 45.5 Å². The van der Waals surface area contributed by atoms with Gasteiger partial charge >= 0.3 is 5.69 Å². The number of amides is 1. The molecule has 1 rings (SSSR count). The van der Waals surface area contributed by atoms with E-state index in [4.69, 9.17) is 16.3 Å². The van der Waals surface area contributed by atoms with E-state index in [0.717, 1.165) is 6.07 Å². The number of benzene rings is 1. The van der Waals surface area contributed by atoms with Crippen molar-refractivity contribution < 1.29 is 14.5 Å². The Labute approximate surface area is 108 Å². The number of nitrogens with one attached hydrogen (secondary N) is 1. The largest absolute Gasteiger partial charge is 0.490 e. The lowest BCUT2D eigenvalue weighted by atomic mass is 10.1. The lowest BCUT2D eigenvalue weighted by molar-refractivity contribution is -0.385. The van der Waals surface area contributed by atoms with Gasteiger partial charge < -0.3 is 10.1 Å². The highest BCUT2D eigenvalue weighted by atomic mass is 35.5. The van der Waals surface area contributed by atoms with Crippen LogP contribution in [0.15, 0.2) is 29.8 Å². The fraction of sp³-hybridized carbons (Fsp3) is 0.182. The molecule has 0 radical (unpaired) electrons. The first-order chi connectivity index (χ1) is 8.45. The number of halogens is 1. The number of rotatable bonds is 5. The zero-order valence-electron chi connectivity index (χ0n) is 9.60. The summed E-state index contributed by atoms with van der Waals surface area (Å²) in [6.07, 6.45) is 0. The Hall–Kier alpha value is -2.08. The van der Waals surface area contributed by atoms with Crippen LogP contribution in [0.4, 0.5) is 5.69 Å². The van der Waals surface area contributed by atoms with Crippen LogP contribution >= 0.6 is 11.6 Å². The maximum atomic E-state index is 11.6. The first-order valence-corrected chi connectivity index (χ1v) is 5.27. The van der Waals surface area contributed by atoms with Crippen LogP contribution < -0.4 is 10.1 Å². The van der Waals surface area contributed by atoms with Gasteiger partial charge in [-0.15, -0.1) is 0 Å². The monoisotopic (exact) mass is 270 g/mol. The third-order valence-corrected chi connectivity index (χ3v) is 2.21. The third kappa shape index (κ3) is 3.46. The lowest BCUT2D eigenvalue weighted by Gasteiger charge is -2.06. The van der Waals surface area contributed by atoms with Gasteiger partial charge in [0, 0.05) is 16.7 Å². The molecule has 7 heteroatoms. The molecule has 0 aliphatic carbocycles. The standard InChI is InChI=1S/C11H11ClN2O4/c1-7(12)6-13-11(15)8-3-4-10(18-2)9(5-8)14(16)17/h3-5H,1,6H2,2H3,(H,13,15). The summed E-state index contributed by atoms with van der Waals surface area (Å²) in [6.45, 7) is 3.51. The molecule has 0 aromatic heterocycles. The van der Waals surface area contributed by atoms with Gasteiger partial charge in [0.15, 0.2) is 5.75 Å². The normalized spacial score (nSPS) is 9.67. The molecule has 96 valence electrons. The quantitative estimate of drug-likeness (QED) is 0.656. The van der Waals surface area contributed by atoms with Gasteiger partial charge in [0.25, 0.3) is 5.91 Å². The highest BCUT2D eigenvalue weighted by Crippen LogP contribution is 2.27. The van der Waals surface area contributed by atoms with Crippen LogP contribution in [0.25, 0.3) is 0 Å². The Bertz CT molecular complexity index is 502. The molecule has 1 N–H and O–H groups in total. The maximum absolute atomic E-state index is 11.6. The minimum atomic E-state index is -0.615. The van der Waals surface area contributed by atoms with Gasteiger partial charge in [-0.3, -0.25) is 14.9 Å². The minimum Gasteiger partial charge on any atom is -0.490 e. The van der Waals surface area contributed by atoms with E-state index in [2.05, 4.69) is 11.9 Å². The number of ether oxygens (including phenoxy) is 1. The number of carbonyl (C=O) groups is 1. The van der Waals surface area contributed by atoms with Crippen LogP contribution in [-0.2, 0) is 0 Å². The van der Waals surface area contributed by atoms with E-state index in [-0.39, 0.29) is 28.6 Å². The van der Waals surface area contributed by atoms with Crippen LogP contribution in [0.1, 0.15) is 10.4 Å². The zero-order chi connectivity index (χ0) is 13.7. The molecular formula is C11H11ClN2O4. The number of nitro benzene ring substituents is 1. The first-order valence-electron chi connectivity index (χ1n) is 4.89. The molecule has 0 atom stereocenters. The third-order valence-electron chi connectivity index (χ3n) is 2.08. The van der Waals surface area contributed by atoms with Crippen LogP contribution in [0.2, 0.25) is 0 Å². The van der Waals surface area contributed by atoms with E-state index in [1.54, 1.807) is 0 Å². The number of hydrogen-bond acceptors (Lipinski definition) is 4. The zero-order valence-corrected chi connectivity index (χ0v) is 10.4. The number of nitro groups is 1. The smallest absolute Gasteiger partial charge is 0.311 e. The molecule has 0 aliphatic heterocycles. The van der Waals surface area contributed by atoms with E-state index in [1.165, 1.54) is 19.2 Å². The van der Waals surface area contributed by atoms with E-state index < -0.39 is 10.8 Å². The van der Waals surface area contributed by atoms with E-state index in [9.17, 15) is 14.9 Å². The highest BCUT2D eigenvalue weighted by Gasteiger charge is 2.17. The van der Waals surface area contributed by atoms with Crippen molar-refractivity contribution in [2.75, 3.05) is 13.7 Å². The molecule has 0 aliphatic rings. The summed E-state index contributed by atoms with van der Waals surface area (Å²) in [5.41, 5.74) is -0.115. The molecule has 18 heavy (non-hydrogen) atoms. The lowest BCUT2D eigenvalue weighted by Crippen LogP contribution is -2.24. The second kappa shape index (κ2) is 6.02. The summed E-state index contributed by atoms with van der Waals surface area (Å²) in [7, 11) is 1.32. The fourth-order valence-electron chi connectivity index (χ4n) is 1.25. The van der Waals surface area contributed by atoms with Crippen molar-refractivity contribution in [3.63, 3.8) is 0 Å². The van der Waals surface area contributed by atoms with Crippen molar-refractivity contribution in [2.45, 2.75) is 0 Å². The summed E-state index contributed by atoms with van der Waals surface area (Å²) in [5, 5.41) is 13.5. The van der Waals surface area contributed by atoms with Crippen molar-refractivity contribution in [2.24, 2.45) is 0 Å². The predicted octanol–water partition coefficient (Wildman–Crippen LogP) is 2.09. The average molecular weight is 271 g/mol. The maximum Gasteiger partial charge on any atom is 0.311 e. The van der Waals surface area contributed by atoms with Crippen molar-refractivity contribution in [1.82, 2.24) is 5.32 Å². The number of nitrogens with zero attached hydrogens (tertiary/aromatic N) is 1. The van der Waals surface area contributed by atoms with E-state index in [1.807, 2.05) is 0 Å². The molecule has 0 spiro atoms. The van der Waals surface area contributed by atoms with Gasteiger partial charge in [0.2, 0.25) is 0 Å². The van der Waals surface area contributed by atoms with Gasteiger partial charge in [0.1, 0.15) is 0 Å². The second-order valence-electron chi connectivity index (χ2n) is 3.34. The SMILES string of the molecule is C=C(Cl)CNC(=O)c1ccc(OC)c([N+](=O)[O-])c1. The summed E-state index contributed by atoms with van der Waals surface area (Å²) in [4.78, 5) is 21.8. The minimum absolute atomic E-state index is 0.0957. The van der Waals surface area contributed by atoms with Crippen LogP contribution in [0.3, 0.4) is 0 Å². The molecule has 0 saturated carbocycles. The fourth-order valence-corrected chi connectivity index (χ4v) is 1.32. The van der Waals surface area contributed by atoms with Gasteiger partial charge in [-0.05, 0) is 12.1 Å². The molecule has 1 amide bonds.